The lowest BCUT2D eigenvalue weighted by Gasteiger charge is -2.34. The molecule has 168 valence electrons. The molecule has 0 saturated carbocycles. The van der Waals surface area contributed by atoms with Crippen LogP contribution in [0.3, 0.4) is 0 Å². The first-order valence-electron chi connectivity index (χ1n) is 10.7. The highest BCUT2D eigenvalue weighted by atomic mass is 16.2. The zero-order chi connectivity index (χ0) is 22.8. The summed E-state index contributed by atoms with van der Waals surface area (Å²) in [7, 11) is 0. The molecule has 3 heterocycles. The Morgan fingerprint density at radius 3 is 2.44 bits per heavy atom. The van der Waals surface area contributed by atoms with E-state index in [1.54, 1.807) is 24.3 Å². The monoisotopic (exact) mass is 438 g/mol. The maximum Gasteiger partial charge on any atom is 0.258 e. The summed E-state index contributed by atoms with van der Waals surface area (Å²) < 4.78 is 0. The van der Waals surface area contributed by atoms with Crippen LogP contribution in [0.2, 0.25) is 0 Å². The number of aromatic amines is 1. The summed E-state index contributed by atoms with van der Waals surface area (Å²) >= 11 is 0. The summed E-state index contributed by atoms with van der Waals surface area (Å²) in [6.45, 7) is 4.25. The fraction of sp³-hybridized carbons (Fsp3) is 0.409. The molecule has 10 nitrogen and oxygen atoms in total. The molecule has 0 bridgehead atoms. The number of hydrogen-bond acceptors (Lipinski definition) is 6. The molecule has 0 spiro atoms. The van der Waals surface area contributed by atoms with Gasteiger partial charge in [-0.05, 0) is 50.5 Å². The molecule has 1 fully saturated rings. The van der Waals surface area contributed by atoms with Gasteiger partial charge in [-0.1, -0.05) is 0 Å². The zero-order valence-corrected chi connectivity index (χ0v) is 18.0. The van der Waals surface area contributed by atoms with Crippen LogP contribution in [-0.4, -0.2) is 40.3 Å². The molecule has 1 aromatic heterocycles. The first-order valence-corrected chi connectivity index (χ1v) is 10.7. The standard InChI is InChI=1S/C22H26N6O4/c1-12-5-3-4-10-28(12)22-26-19-18(21(32)27-22)16(11-17(30)25-19)20(31)24-15-8-6-14(7-9-15)23-13(2)29/h6-9,12,16H,3-5,10-11H2,1-2H3,(H,23,29)(H,24,31)(H2,25,26,27,30,32)/t12-,16-/m0/s1. The van der Waals surface area contributed by atoms with Crippen molar-refractivity contribution >= 4 is 40.9 Å². The normalized spacial score (nSPS) is 20.2. The highest BCUT2D eigenvalue weighted by Crippen LogP contribution is 2.31. The molecule has 2 aliphatic heterocycles. The van der Waals surface area contributed by atoms with Gasteiger partial charge in [-0.3, -0.25) is 24.2 Å². The van der Waals surface area contributed by atoms with Crippen molar-refractivity contribution in [3.05, 3.63) is 40.2 Å². The van der Waals surface area contributed by atoms with Crippen LogP contribution in [0, 0.1) is 0 Å². The lowest BCUT2D eigenvalue weighted by molar-refractivity contribution is -0.123. The molecule has 1 saturated heterocycles. The summed E-state index contributed by atoms with van der Waals surface area (Å²) in [6.07, 6.45) is 2.98. The van der Waals surface area contributed by atoms with Gasteiger partial charge < -0.3 is 20.9 Å². The average Bonchev–Trinajstić information content (AvgIpc) is 2.74. The Labute approximate surface area is 184 Å². The first kappa shape index (κ1) is 21.5. The Hall–Kier alpha value is -3.69. The third kappa shape index (κ3) is 4.48. The highest BCUT2D eigenvalue weighted by Gasteiger charge is 2.35. The molecule has 2 atom stereocenters. The van der Waals surface area contributed by atoms with Gasteiger partial charge in [-0.25, -0.2) is 0 Å². The number of nitrogens with zero attached hydrogens (tertiary/aromatic N) is 2. The lowest BCUT2D eigenvalue weighted by atomic mass is 9.92. The van der Waals surface area contributed by atoms with E-state index in [2.05, 4.69) is 32.8 Å². The van der Waals surface area contributed by atoms with E-state index in [1.165, 1.54) is 6.92 Å². The number of H-pyrrole nitrogens is 1. The minimum Gasteiger partial charge on any atom is -0.340 e. The van der Waals surface area contributed by atoms with Gasteiger partial charge in [0.1, 0.15) is 5.82 Å². The molecule has 4 rings (SSSR count). The molecule has 2 aliphatic rings. The summed E-state index contributed by atoms with van der Waals surface area (Å²) in [5.74, 6) is -1.45. The molecule has 4 N–H and O–H groups in total. The van der Waals surface area contributed by atoms with Crippen LogP contribution in [0.5, 0.6) is 0 Å². The van der Waals surface area contributed by atoms with E-state index >= 15 is 0 Å². The maximum atomic E-state index is 13.0. The molecule has 3 amide bonds. The molecular weight excluding hydrogens is 412 g/mol. The van der Waals surface area contributed by atoms with Crippen molar-refractivity contribution in [2.24, 2.45) is 0 Å². The average molecular weight is 438 g/mol. The van der Waals surface area contributed by atoms with Crippen LogP contribution in [0.1, 0.15) is 51.0 Å². The molecule has 0 radical (unpaired) electrons. The number of anilines is 4. The molecule has 10 heteroatoms. The van der Waals surface area contributed by atoms with Gasteiger partial charge in [0.05, 0.1) is 11.5 Å². The van der Waals surface area contributed by atoms with Crippen LogP contribution in [0.25, 0.3) is 0 Å². The van der Waals surface area contributed by atoms with Gasteiger partial charge in [-0.2, -0.15) is 4.98 Å². The Kier molecular flexibility index (Phi) is 5.93. The zero-order valence-electron chi connectivity index (χ0n) is 18.0. The lowest BCUT2D eigenvalue weighted by Crippen LogP contribution is -2.41. The summed E-state index contributed by atoms with van der Waals surface area (Å²) in [4.78, 5) is 58.7. The SMILES string of the molecule is CC(=O)Nc1ccc(NC(=O)[C@H]2CC(=O)Nc3nc(N4CCCC[C@@H]4C)[nH]c(=O)c32)cc1. The van der Waals surface area contributed by atoms with Crippen LogP contribution < -0.4 is 26.4 Å². The number of carbonyl (C=O) groups is 3. The number of carbonyl (C=O) groups excluding carboxylic acids is 3. The van der Waals surface area contributed by atoms with Crippen molar-refractivity contribution in [3.63, 3.8) is 0 Å². The fourth-order valence-corrected chi connectivity index (χ4v) is 4.20. The van der Waals surface area contributed by atoms with Crippen LogP contribution in [0.4, 0.5) is 23.1 Å². The predicted molar refractivity (Wildman–Crippen MR) is 121 cm³/mol. The number of amides is 3. The molecule has 1 aromatic carbocycles. The smallest absolute Gasteiger partial charge is 0.258 e. The van der Waals surface area contributed by atoms with E-state index in [-0.39, 0.29) is 35.7 Å². The van der Waals surface area contributed by atoms with Gasteiger partial charge in [0.2, 0.25) is 23.7 Å². The Morgan fingerprint density at radius 1 is 1.09 bits per heavy atom. The van der Waals surface area contributed by atoms with Gasteiger partial charge in [0.15, 0.2) is 0 Å². The number of benzene rings is 1. The first-order chi connectivity index (χ1) is 15.3. The van der Waals surface area contributed by atoms with Gasteiger partial charge in [-0.15, -0.1) is 0 Å². The van der Waals surface area contributed by atoms with Gasteiger partial charge >= 0.3 is 0 Å². The summed E-state index contributed by atoms with van der Waals surface area (Å²) in [5.41, 5.74) is 0.812. The van der Waals surface area contributed by atoms with Crippen LogP contribution in [0.15, 0.2) is 29.1 Å². The maximum absolute atomic E-state index is 13.0. The van der Waals surface area contributed by atoms with Crippen molar-refractivity contribution < 1.29 is 14.4 Å². The van der Waals surface area contributed by atoms with E-state index in [4.69, 9.17) is 0 Å². The minimum atomic E-state index is -0.960. The van der Waals surface area contributed by atoms with Crippen LogP contribution >= 0.6 is 0 Å². The number of piperidine rings is 1. The van der Waals surface area contributed by atoms with E-state index in [9.17, 15) is 19.2 Å². The van der Waals surface area contributed by atoms with Crippen molar-refractivity contribution in [1.29, 1.82) is 0 Å². The van der Waals surface area contributed by atoms with Gasteiger partial charge in [0.25, 0.3) is 5.56 Å². The third-order valence-corrected chi connectivity index (χ3v) is 5.80. The quantitative estimate of drug-likeness (QED) is 0.578. The van der Waals surface area contributed by atoms with Crippen LogP contribution in [-0.2, 0) is 14.4 Å². The summed E-state index contributed by atoms with van der Waals surface area (Å²) in [5, 5.41) is 8.04. The predicted octanol–water partition coefficient (Wildman–Crippen LogP) is 2.17. The molecule has 0 unspecified atom stereocenters. The number of hydrogen-bond donors (Lipinski definition) is 4. The Balaban J connectivity index is 1.58. The van der Waals surface area contributed by atoms with E-state index in [0.29, 0.717) is 17.3 Å². The van der Waals surface area contributed by atoms with Crippen molar-refractivity contribution in [1.82, 2.24) is 9.97 Å². The number of aromatic nitrogens is 2. The highest BCUT2D eigenvalue weighted by molar-refractivity contribution is 6.04. The second-order valence-electron chi connectivity index (χ2n) is 8.24. The fourth-order valence-electron chi connectivity index (χ4n) is 4.20. The number of fused-ring (bicyclic) bond motifs is 1. The summed E-state index contributed by atoms with van der Waals surface area (Å²) in [6, 6.07) is 6.80. The number of rotatable bonds is 4. The van der Waals surface area contributed by atoms with E-state index in [0.717, 1.165) is 25.8 Å². The second kappa shape index (κ2) is 8.81. The van der Waals surface area contributed by atoms with E-state index < -0.39 is 17.4 Å². The number of nitrogens with one attached hydrogen (secondary N) is 4. The molecule has 32 heavy (non-hydrogen) atoms. The molecule has 2 aromatic rings. The van der Waals surface area contributed by atoms with Crippen molar-refractivity contribution in [2.45, 2.75) is 51.5 Å². The minimum absolute atomic E-state index is 0.138. The van der Waals surface area contributed by atoms with Gasteiger partial charge in [0, 0.05) is 37.3 Å². The molecular formula is C22H26N6O4. The largest absolute Gasteiger partial charge is 0.340 e. The molecule has 0 aliphatic carbocycles. The van der Waals surface area contributed by atoms with Crippen molar-refractivity contribution in [2.75, 3.05) is 27.4 Å². The topological polar surface area (TPSA) is 136 Å². The van der Waals surface area contributed by atoms with E-state index in [1.807, 2.05) is 4.90 Å². The van der Waals surface area contributed by atoms with Crippen molar-refractivity contribution in [3.8, 4) is 0 Å². The Bertz CT molecular complexity index is 1110. The third-order valence-electron chi connectivity index (χ3n) is 5.80. The second-order valence-corrected chi connectivity index (χ2v) is 8.24. The Morgan fingerprint density at radius 2 is 1.78 bits per heavy atom.